The summed E-state index contributed by atoms with van der Waals surface area (Å²) in [5.74, 6) is -3.35. The molecule has 1 fully saturated rings. The smallest absolute Gasteiger partial charge is 0.451 e. The van der Waals surface area contributed by atoms with Crippen molar-refractivity contribution in [2.24, 2.45) is 5.41 Å². The van der Waals surface area contributed by atoms with Crippen molar-refractivity contribution in [3.05, 3.63) is 63.1 Å². The van der Waals surface area contributed by atoms with Gasteiger partial charge in [0.1, 0.15) is 22.9 Å². The lowest BCUT2D eigenvalue weighted by atomic mass is 9.71. The van der Waals surface area contributed by atoms with Crippen molar-refractivity contribution < 1.29 is 42.1 Å². The van der Waals surface area contributed by atoms with Crippen LogP contribution in [0, 0.1) is 17.0 Å². The molecule has 0 aliphatic carbocycles. The third-order valence-electron chi connectivity index (χ3n) is 6.55. The van der Waals surface area contributed by atoms with Gasteiger partial charge in [0.2, 0.25) is 12.2 Å². The molecule has 0 spiro atoms. The quantitative estimate of drug-likeness (QED) is 0.437. The van der Waals surface area contributed by atoms with E-state index in [-0.39, 0.29) is 36.5 Å². The highest BCUT2D eigenvalue weighted by atomic mass is 19.1. The first kappa shape index (κ1) is 26.3. The van der Waals surface area contributed by atoms with Crippen LogP contribution in [0.1, 0.15) is 53.1 Å². The molecular weight excluding hydrogens is 494 g/mol. The molecule has 0 saturated carbocycles. The van der Waals surface area contributed by atoms with Gasteiger partial charge in [-0.05, 0) is 32.8 Å². The number of hydrogen-bond donors (Lipinski definition) is 1. The Morgan fingerprint density at radius 3 is 2.76 bits per heavy atom. The average molecular weight is 520 g/mol. The Balaban J connectivity index is 1.67. The molecule has 1 N–H and O–H groups in total. The average Bonchev–Trinajstić information content (AvgIpc) is 2.85. The van der Waals surface area contributed by atoms with Crippen LogP contribution in [-0.2, 0) is 27.3 Å². The van der Waals surface area contributed by atoms with Gasteiger partial charge in [0.25, 0.3) is 5.91 Å². The van der Waals surface area contributed by atoms with Gasteiger partial charge in [-0.15, -0.1) is 0 Å². The van der Waals surface area contributed by atoms with Gasteiger partial charge in [-0.2, -0.15) is 0 Å². The minimum Gasteiger partial charge on any atom is -0.451 e. The molecule has 10 nitrogen and oxygen atoms in total. The van der Waals surface area contributed by atoms with Crippen LogP contribution in [0.2, 0.25) is 0 Å². The molecule has 2 aromatic rings. The second-order valence-electron chi connectivity index (χ2n) is 8.92. The lowest BCUT2D eigenvalue weighted by molar-refractivity contribution is -0.0743. The molecule has 1 aromatic heterocycles. The lowest BCUT2D eigenvalue weighted by Gasteiger charge is -2.44. The lowest BCUT2D eigenvalue weighted by Crippen LogP contribution is -2.52. The molecule has 12 heteroatoms. The van der Waals surface area contributed by atoms with E-state index in [1.807, 2.05) is 0 Å². The Hall–Kier alpha value is -3.80. The number of hydrogen-bond acceptors (Lipinski definition) is 8. The van der Waals surface area contributed by atoms with Gasteiger partial charge in [0, 0.05) is 31.0 Å². The van der Waals surface area contributed by atoms with E-state index in [1.54, 1.807) is 13.8 Å². The van der Waals surface area contributed by atoms with E-state index in [1.165, 1.54) is 16.8 Å². The molecule has 1 saturated heterocycles. The van der Waals surface area contributed by atoms with Gasteiger partial charge in [0.05, 0.1) is 24.7 Å². The van der Waals surface area contributed by atoms with Crippen molar-refractivity contribution >= 4 is 17.8 Å². The SMILES string of the molecule is CCOC(=O)OCOc1c2n(cc(C(=O)NCc3ccc(F)cc3F)c1=O)C[C@@H]1OCCC[C@]1(C)C2=O. The molecule has 2 atom stereocenters. The molecule has 1 aromatic carbocycles. The second-order valence-corrected chi connectivity index (χ2v) is 8.92. The van der Waals surface area contributed by atoms with Gasteiger partial charge in [-0.1, -0.05) is 6.07 Å². The number of amides is 1. The molecule has 37 heavy (non-hydrogen) atoms. The van der Waals surface area contributed by atoms with Gasteiger partial charge in [-0.25, -0.2) is 13.6 Å². The van der Waals surface area contributed by atoms with Crippen molar-refractivity contribution in [2.75, 3.05) is 20.0 Å². The minimum absolute atomic E-state index is 0.00803. The maximum Gasteiger partial charge on any atom is 0.511 e. The summed E-state index contributed by atoms with van der Waals surface area (Å²) in [5.41, 5.74) is -2.27. The summed E-state index contributed by atoms with van der Waals surface area (Å²) < 4.78 is 49.3. The Bertz CT molecular complexity index is 1290. The number of nitrogens with zero attached hydrogens (tertiary/aromatic N) is 1. The number of Topliss-reactive ketones (excluding diaryl/α,β-unsaturated/α-hetero) is 1. The zero-order valence-electron chi connectivity index (χ0n) is 20.3. The fraction of sp³-hybridized carbons (Fsp3) is 0.440. The number of pyridine rings is 1. The summed E-state index contributed by atoms with van der Waals surface area (Å²) in [5, 5.41) is 2.42. The number of rotatable bonds is 7. The summed E-state index contributed by atoms with van der Waals surface area (Å²) >= 11 is 0. The second kappa shape index (κ2) is 10.7. The maximum absolute atomic E-state index is 14.0. The Morgan fingerprint density at radius 1 is 1.24 bits per heavy atom. The van der Waals surface area contributed by atoms with E-state index in [0.717, 1.165) is 6.07 Å². The number of nitrogens with one attached hydrogen (secondary N) is 1. The van der Waals surface area contributed by atoms with Gasteiger partial charge in [0.15, 0.2) is 11.5 Å². The van der Waals surface area contributed by atoms with E-state index in [2.05, 4.69) is 10.1 Å². The number of benzene rings is 1. The minimum atomic E-state index is -1.04. The summed E-state index contributed by atoms with van der Waals surface area (Å²) in [4.78, 5) is 51.4. The first-order chi connectivity index (χ1) is 17.7. The summed E-state index contributed by atoms with van der Waals surface area (Å²) in [7, 11) is 0. The number of ketones is 1. The highest BCUT2D eigenvalue weighted by Crippen LogP contribution is 2.42. The van der Waals surface area contributed by atoms with Crippen LogP contribution in [0.15, 0.2) is 29.2 Å². The van der Waals surface area contributed by atoms with Crippen molar-refractivity contribution in [1.82, 2.24) is 9.88 Å². The van der Waals surface area contributed by atoms with E-state index in [4.69, 9.17) is 14.2 Å². The number of carbonyl (C=O) groups excluding carboxylic acids is 3. The maximum atomic E-state index is 14.0. The fourth-order valence-corrected chi connectivity index (χ4v) is 4.52. The van der Waals surface area contributed by atoms with Crippen molar-refractivity contribution in [1.29, 1.82) is 0 Å². The van der Waals surface area contributed by atoms with Crippen LogP contribution in [0.25, 0.3) is 0 Å². The van der Waals surface area contributed by atoms with Gasteiger partial charge in [-0.3, -0.25) is 14.4 Å². The van der Waals surface area contributed by atoms with Crippen LogP contribution in [-0.4, -0.2) is 48.5 Å². The number of ether oxygens (including phenoxy) is 4. The Kier molecular flexibility index (Phi) is 7.58. The first-order valence-corrected chi connectivity index (χ1v) is 11.7. The molecule has 3 heterocycles. The molecule has 198 valence electrons. The monoisotopic (exact) mass is 520 g/mol. The summed E-state index contributed by atoms with van der Waals surface area (Å²) in [6.45, 7) is 2.96. The standard InChI is InChI=1S/C25H26F2N2O8/c1-3-34-24(33)37-13-36-21-19-22(31)25(2)7-4-8-35-18(25)12-29(19)11-16(20(21)30)23(32)28-10-14-5-6-15(26)9-17(14)27/h5-6,9,11,18H,3-4,7-8,10,12-13H2,1-2H3,(H,28,32)/t18-,25-/m0/s1. The molecule has 0 radical (unpaired) electrons. The zero-order valence-corrected chi connectivity index (χ0v) is 20.3. The van der Waals surface area contributed by atoms with Crippen molar-refractivity contribution in [2.45, 2.75) is 45.9 Å². The van der Waals surface area contributed by atoms with Crippen LogP contribution < -0.4 is 15.5 Å². The van der Waals surface area contributed by atoms with Crippen LogP contribution in [0.3, 0.4) is 0 Å². The Morgan fingerprint density at radius 2 is 2.03 bits per heavy atom. The van der Waals surface area contributed by atoms with Crippen molar-refractivity contribution in [3.8, 4) is 5.75 Å². The number of fused-ring (bicyclic) bond motifs is 2. The number of carbonyl (C=O) groups is 3. The van der Waals surface area contributed by atoms with E-state index < -0.39 is 59.0 Å². The molecule has 0 bridgehead atoms. The van der Waals surface area contributed by atoms with E-state index >= 15 is 0 Å². The van der Waals surface area contributed by atoms with Crippen molar-refractivity contribution in [3.63, 3.8) is 0 Å². The predicted octanol–water partition coefficient (Wildman–Crippen LogP) is 2.95. The number of halogens is 2. The Labute approximate surface area is 210 Å². The van der Waals surface area contributed by atoms with Crippen LogP contribution in [0.5, 0.6) is 5.75 Å². The molecule has 2 aliphatic rings. The molecule has 2 aliphatic heterocycles. The molecule has 0 unspecified atom stereocenters. The number of aromatic nitrogens is 1. The largest absolute Gasteiger partial charge is 0.511 e. The third-order valence-corrected chi connectivity index (χ3v) is 6.55. The van der Waals surface area contributed by atoms with Crippen LogP contribution >= 0.6 is 0 Å². The third kappa shape index (κ3) is 5.19. The fourth-order valence-electron chi connectivity index (χ4n) is 4.52. The molecular formula is C25H26F2N2O8. The highest BCUT2D eigenvalue weighted by molar-refractivity contribution is 6.03. The zero-order chi connectivity index (χ0) is 26.7. The first-order valence-electron chi connectivity index (χ1n) is 11.7. The highest BCUT2D eigenvalue weighted by Gasteiger charge is 2.50. The predicted molar refractivity (Wildman–Crippen MR) is 123 cm³/mol. The molecule has 4 rings (SSSR count). The van der Waals surface area contributed by atoms with Gasteiger partial charge < -0.3 is 28.8 Å². The summed E-state index contributed by atoms with van der Waals surface area (Å²) in [6, 6.07) is 2.89. The van der Waals surface area contributed by atoms with E-state index in [9.17, 15) is 28.0 Å². The van der Waals surface area contributed by atoms with Gasteiger partial charge >= 0.3 is 6.16 Å². The summed E-state index contributed by atoms with van der Waals surface area (Å²) in [6.07, 6.45) is 0.894. The van der Waals surface area contributed by atoms with Crippen LogP contribution in [0.4, 0.5) is 13.6 Å². The topological polar surface area (TPSA) is 122 Å². The molecule has 1 amide bonds. The van der Waals surface area contributed by atoms with E-state index in [0.29, 0.717) is 25.5 Å². The normalized spacial score (nSPS) is 20.4.